The first-order valence-electron chi connectivity index (χ1n) is 15.3. The van der Waals surface area contributed by atoms with E-state index in [4.69, 9.17) is 4.98 Å². The van der Waals surface area contributed by atoms with Crippen LogP contribution in [0.25, 0.3) is 22.2 Å². The lowest BCUT2D eigenvalue weighted by molar-refractivity contribution is -0.207. The number of nitriles is 1. The Morgan fingerprint density at radius 3 is 2.29 bits per heavy atom. The van der Waals surface area contributed by atoms with Gasteiger partial charge in [-0.05, 0) is 64.5 Å². The van der Waals surface area contributed by atoms with E-state index in [-0.39, 0.29) is 0 Å². The second-order valence-electron chi connectivity index (χ2n) is 11.8. The highest BCUT2D eigenvalue weighted by molar-refractivity contribution is 5.80. The van der Waals surface area contributed by atoms with Crippen LogP contribution in [0.3, 0.4) is 0 Å². The second-order valence-corrected chi connectivity index (χ2v) is 11.8. The molecule has 0 saturated carbocycles. The Balaban J connectivity index is 1.06. The van der Waals surface area contributed by atoms with Crippen LogP contribution < -0.4 is 9.80 Å². The van der Waals surface area contributed by atoms with Crippen LogP contribution in [0.2, 0.25) is 0 Å². The third-order valence-electron chi connectivity index (χ3n) is 8.88. The zero-order valence-electron chi connectivity index (χ0n) is 26.0. The highest BCUT2D eigenvalue weighted by atomic mass is 19.3. The van der Waals surface area contributed by atoms with Gasteiger partial charge >= 0.3 is 5.92 Å². The largest absolute Gasteiger partial charge is 0.377 e. The Kier molecular flexibility index (Phi) is 7.95. The highest BCUT2D eigenvalue weighted by Gasteiger charge is 2.58. The monoisotopic (exact) mass is 668 g/mol. The molecule has 0 radical (unpaired) electrons. The summed E-state index contributed by atoms with van der Waals surface area (Å²) in [5, 5.41) is 31.0. The number of pyridine rings is 1. The van der Waals surface area contributed by atoms with Crippen molar-refractivity contribution in [1.29, 1.82) is 5.26 Å². The molecule has 49 heavy (non-hydrogen) atoms. The van der Waals surface area contributed by atoms with Gasteiger partial charge in [-0.25, -0.2) is 18.4 Å². The Morgan fingerprint density at radius 2 is 1.63 bits per heavy atom. The molecule has 1 saturated heterocycles. The molecule has 1 N–H and O–H groups in total. The third kappa shape index (κ3) is 5.69. The van der Waals surface area contributed by atoms with Crippen LogP contribution in [0.5, 0.6) is 0 Å². The van der Waals surface area contributed by atoms with E-state index in [0.717, 1.165) is 83.6 Å². The number of aromatic nitrogens is 7. The number of anilines is 2. The number of rotatable bonds is 8. The van der Waals surface area contributed by atoms with Crippen LogP contribution in [0, 0.1) is 23.0 Å². The summed E-state index contributed by atoms with van der Waals surface area (Å²) in [6.07, 6.45) is 2.25. The van der Waals surface area contributed by atoms with Gasteiger partial charge in [0.2, 0.25) is 5.95 Å². The number of alkyl halides is 2. The molecule has 1 atom stereocenters. The standard InChI is InChI=1S/C34H28F4N10O/c1-45-30-16-22(18-39)2-10-29(30)42-32(45)47-14-12-46(13-15-47)26-7-3-23(4-8-26)24-5-11-31(40-19-24)34(37,38)33(49,20-48-21-41-43-44-48)27-9-6-25(35)17-28(27)36/h2-11,16-17,19,21,49H,12-15,20H2,1H3. The lowest BCUT2D eigenvalue weighted by Gasteiger charge is -2.36. The Bertz CT molecular complexity index is 2160. The summed E-state index contributed by atoms with van der Waals surface area (Å²) in [5.41, 5.74) is -0.271. The number of aryl methyl sites for hydroxylation is 1. The number of imidazole rings is 1. The van der Waals surface area contributed by atoms with Gasteiger partial charge in [0.15, 0.2) is 5.60 Å². The van der Waals surface area contributed by atoms with Crippen molar-refractivity contribution in [2.24, 2.45) is 7.05 Å². The van der Waals surface area contributed by atoms with Crippen molar-refractivity contribution in [1.82, 2.24) is 34.7 Å². The van der Waals surface area contributed by atoms with E-state index in [2.05, 4.69) is 36.4 Å². The molecule has 1 unspecified atom stereocenters. The van der Waals surface area contributed by atoms with Crippen LogP contribution in [-0.4, -0.2) is 66.0 Å². The minimum absolute atomic E-state index is 0.422. The molecule has 4 heterocycles. The second kappa shape index (κ2) is 12.3. The molecule has 0 aliphatic carbocycles. The number of piperazine rings is 1. The van der Waals surface area contributed by atoms with E-state index in [9.17, 15) is 19.1 Å². The number of hydrogen-bond acceptors (Lipinski definition) is 9. The average molecular weight is 669 g/mol. The van der Waals surface area contributed by atoms with Crippen LogP contribution in [0.15, 0.2) is 85.3 Å². The number of nitrogens with zero attached hydrogens (tertiary/aromatic N) is 10. The summed E-state index contributed by atoms with van der Waals surface area (Å²) >= 11 is 0. The fourth-order valence-electron chi connectivity index (χ4n) is 6.19. The van der Waals surface area contributed by atoms with Gasteiger partial charge in [-0.3, -0.25) is 4.98 Å². The minimum atomic E-state index is -4.15. The van der Waals surface area contributed by atoms with Crippen molar-refractivity contribution >= 4 is 22.7 Å². The van der Waals surface area contributed by atoms with Crippen molar-refractivity contribution in [2.75, 3.05) is 36.0 Å². The van der Waals surface area contributed by atoms with Gasteiger partial charge in [0.25, 0.3) is 0 Å². The molecule has 1 aliphatic rings. The van der Waals surface area contributed by atoms with Crippen molar-refractivity contribution < 1.29 is 22.7 Å². The van der Waals surface area contributed by atoms with Crippen molar-refractivity contribution in [2.45, 2.75) is 18.1 Å². The fraction of sp³-hybridized carbons (Fsp3) is 0.235. The predicted molar refractivity (Wildman–Crippen MR) is 171 cm³/mol. The quantitative estimate of drug-likeness (QED) is 0.228. The molecule has 1 aliphatic heterocycles. The smallest absolute Gasteiger partial charge is 0.323 e. The maximum absolute atomic E-state index is 16.1. The summed E-state index contributed by atoms with van der Waals surface area (Å²) in [6, 6.07) is 19.8. The van der Waals surface area contributed by atoms with Gasteiger partial charge < -0.3 is 19.5 Å². The lowest BCUT2D eigenvalue weighted by atomic mass is 9.84. The topological polar surface area (TPSA) is 125 Å². The molecule has 7 rings (SSSR count). The van der Waals surface area contributed by atoms with Crippen LogP contribution in [0.1, 0.15) is 16.8 Å². The highest BCUT2D eigenvalue weighted by Crippen LogP contribution is 2.47. The van der Waals surface area contributed by atoms with E-state index in [1.54, 1.807) is 6.07 Å². The van der Waals surface area contributed by atoms with Gasteiger partial charge in [0.1, 0.15) is 23.7 Å². The number of fused-ring (bicyclic) bond motifs is 1. The Labute approximate surface area is 277 Å². The molecule has 248 valence electrons. The SMILES string of the molecule is Cn1c(N2CCN(c3ccc(-c4ccc(C(F)(F)C(O)(Cn5cnnn5)c5ccc(F)cc5F)nc4)cc3)CC2)nc2ccc(C#N)cc21. The number of hydrogen-bond donors (Lipinski definition) is 1. The normalized spacial score (nSPS) is 15.0. The van der Waals surface area contributed by atoms with E-state index in [0.29, 0.717) is 17.2 Å². The zero-order chi connectivity index (χ0) is 34.3. The van der Waals surface area contributed by atoms with Crippen molar-refractivity contribution in [3.63, 3.8) is 0 Å². The molecule has 0 amide bonds. The van der Waals surface area contributed by atoms with E-state index >= 15 is 8.78 Å². The van der Waals surface area contributed by atoms with E-state index in [1.807, 2.05) is 48.0 Å². The number of benzene rings is 3. The fourth-order valence-corrected chi connectivity index (χ4v) is 6.19. The summed E-state index contributed by atoms with van der Waals surface area (Å²) in [7, 11) is 1.95. The van der Waals surface area contributed by atoms with Gasteiger partial charge in [0, 0.05) is 62.3 Å². The number of tetrazole rings is 1. The summed E-state index contributed by atoms with van der Waals surface area (Å²) in [6.45, 7) is 2.05. The number of aliphatic hydroxyl groups is 1. The molecule has 15 heteroatoms. The Hall–Kier alpha value is -5.88. The summed E-state index contributed by atoms with van der Waals surface area (Å²) < 4.78 is 63.5. The maximum Gasteiger partial charge on any atom is 0.323 e. The molecule has 6 aromatic rings. The first-order valence-corrected chi connectivity index (χ1v) is 15.3. The maximum atomic E-state index is 16.1. The molecule has 3 aromatic heterocycles. The van der Waals surface area contributed by atoms with Gasteiger partial charge in [-0.2, -0.15) is 14.0 Å². The molecule has 3 aromatic carbocycles. The minimum Gasteiger partial charge on any atom is -0.377 e. The first kappa shape index (κ1) is 31.7. The molecule has 0 spiro atoms. The molecule has 11 nitrogen and oxygen atoms in total. The van der Waals surface area contributed by atoms with Crippen molar-refractivity contribution in [3.05, 3.63) is 114 Å². The predicted octanol–water partition coefficient (Wildman–Crippen LogP) is 4.78. The molecule has 0 bridgehead atoms. The van der Waals surface area contributed by atoms with Gasteiger partial charge in [-0.1, -0.05) is 18.2 Å². The Morgan fingerprint density at radius 1 is 0.898 bits per heavy atom. The first-order chi connectivity index (χ1) is 23.6. The van der Waals surface area contributed by atoms with Crippen molar-refractivity contribution in [3.8, 4) is 17.2 Å². The van der Waals surface area contributed by atoms with Crippen LogP contribution in [-0.2, 0) is 25.1 Å². The molecule has 1 fully saturated rings. The van der Waals surface area contributed by atoms with E-state index < -0.39 is 41.0 Å². The average Bonchev–Trinajstić information content (AvgIpc) is 3.75. The summed E-state index contributed by atoms with van der Waals surface area (Å²) in [5.74, 6) is -5.64. The van der Waals surface area contributed by atoms with Gasteiger partial charge in [0.05, 0.1) is 29.2 Å². The third-order valence-corrected chi connectivity index (χ3v) is 8.88. The van der Waals surface area contributed by atoms with Crippen LogP contribution >= 0.6 is 0 Å². The number of halogens is 4. The molecular formula is C34H28F4N10O. The zero-order valence-corrected chi connectivity index (χ0v) is 26.0. The summed E-state index contributed by atoms with van der Waals surface area (Å²) in [4.78, 5) is 13.2. The van der Waals surface area contributed by atoms with Crippen LogP contribution in [0.4, 0.5) is 29.2 Å². The van der Waals surface area contributed by atoms with E-state index in [1.165, 1.54) is 12.3 Å². The van der Waals surface area contributed by atoms with Gasteiger partial charge in [-0.15, -0.1) is 5.10 Å². The molecular weight excluding hydrogens is 640 g/mol. The lowest BCUT2D eigenvalue weighted by Crippen LogP contribution is -2.48.